The molecule has 3 aromatic rings. The van der Waals surface area contributed by atoms with Crippen LogP contribution in [0.4, 0.5) is 0 Å². The minimum Gasteiger partial charge on any atom is -0.319 e. The third-order valence-corrected chi connectivity index (χ3v) is 5.55. The molecule has 0 saturated carbocycles. The van der Waals surface area contributed by atoms with E-state index in [-0.39, 0.29) is 11.7 Å². The lowest BCUT2D eigenvalue weighted by Gasteiger charge is -2.05. The summed E-state index contributed by atoms with van der Waals surface area (Å²) in [6.07, 6.45) is 3.56. The van der Waals surface area contributed by atoms with Crippen molar-refractivity contribution in [2.75, 3.05) is 5.75 Å². The molecule has 0 N–H and O–H groups in total. The van der Waals surface area contributed by atoms with Gasteiger partial charge in [0, 0.05) is 23.1 Å². The Kier molecular flexibility index (Phi) is 6.06. The zero-order valence-electron chi connectivity index (χ0n) is 13.5. The molecule has 3 rings (SSSR count). The highest BCUT2D eigenvalue weighted by atomic mass is 35.5. The number of nitrogens with zero attached hydrogens (tertiary/aromatic N) is 5. The van der Waals surface area contributed by atoms with Crippen LogP contribution in [0, 0.1) is 0 Å². The summed E-state index contributed by atoms with van der Waals surface area (Å²) in [6.45, 7) is 3.35. The molecule has 9 heteroatoms. The molecule has 2 aromatic heterocycles. The van der Waals surface area contributed by atoms with Gasteiger partial charge >= 0.3 is 0 Å². The Morgan fingerprint density at radius 2 is 2.20 bits per heavy atom. The van der Waals surface area contributed by atoms with Crippen LogP contribution in [-0.4, -0.2) is 31.0 Å². The number of benzene rings is 1. The van der Waals surface area contributed by atoms with Crippen LogP contribution in [0.2, 0.25) is 5.02 Å². The summed E-state index contributed by atoms with van der Waals surface area (Å²) in [5, 5.41) is 11.2. The van der Waals surface area contributed by atoms with Crippen LogP contribution < -0.4 is 4.80 Å². The zero-order chi connectivity index (χ0) is 17.6. The zero-order valence-corrected chi connectivity index (χ0v) is 15.9. The monoisotopic (exact) mass is 393 g/mol. The van der Waals surface area contributed by atoms with E-state index in [1.165, 1.54) is 23.1 Å². The molecular weight excluding hydrogens is 378 g/mol. The third-order valence-electron chi connectivity index (χ3n) is 3.42. The smallest absolute Gasteiger partial charge is 0.258 e. The normalized spacial score (nSPS) is 11.8. The second-order valence-corrected chi connectivity index (χ2v) is 7.32. The first-order chi connectivity index (χ1) is 12.2. The maximum Gasteiger partial charge on any atom is 0.258 e. The van der Waals surface area contributed by atoms with Crippen LogP contribution in [-0.2, 0) is 17.9 Å². The van der Waals surface area contributed by atoms with Gasteiger partial charge in [-0.15, -0.1) is 21.5 Å². The molecule has 0 saturated heterocycles. The van der Waals surface area contributed by atoms with Crippen molar-refractivity contribution in [3.8, 4) is 0 Å². The molecule has 0 aliphatic carbocycles. The van der Waals surface area contributed by atoms with Gasteiger partial charge in [-0.3, -0.25) is 4.79 Å². The topological polar surface area (TPSA) is 65.1 Å². The summed E-state index contributed by atoms with van der Waals surface area (Å²) in [5.41, 5.74) is 0.988. The van der Waals surface area contributed by atoms with Crippen molar-refractivity contribution in [1.29, 1.82) is 0 Å². The van der Waals surface area contributed by atoms with Crippen LogP contribution in [0.15, 0.2) is 52.3 Å². The molecule has 0 aliphatic rings. The van der Waals surface area contributed by atoms with Gasteiger partial charge in [0.1, 0.15) is 6.33 Å². The SMILES string of the molecule is CCn1cnnc1SCC(=O)N=c1sccn1Cc1ccccc1Cl. The average molecular weight is 394 g/mol. The van der Waals surface area contributed by atoms with Gasteiger partial charge < -0.3 is 9.13 Å². The lowest BCUT2D eigenvalue weighted by atomic mass is 10.2. The van der Waals surface area contributed by atoms with E-state index in [2.05, 4.69) is 15.2 Å². The van der Waals surface area contributed by atoms with Crippen LogP contribution in [0.1, 0.15) is 12.5 Å². The van der Waals surface area contributed by atoms with E-state index in [4.69, 9.17) is 11.6 Å². The number of rotatable bonds is 6. The van der Waals surface area contributed by atoms with Crippen molar-refractivity contribution >= 4 is 40.6 Å². The van der Waals surface area contributed by atoms with Gasteiger partial charge in [0.2, 0.25) is 0 Å². The van der Waals surface area contributed by atoms with Crippen LogP contribution in [0.25, 0.3) is 0 Å². The number of aryl methyl sites for hydroxylation is 1. The second kappa shape index (κ2) is 8.46. The molecule has 0 spiro atoms. The van der Waals surface area contributed by atoms with Gasteiger partial charge in [-0.05, 0) is 18.6 Å². The predicted molar refractivity (Wildman–Crippen MR) is 99.9 cm³/mol. The molecule has 0 atom stereocenters. The number of hydrogen-bond acceptors (Lipinski definition) is 5. The molecular formula is C16H16ClN5OS2. The Balaban J connectivity index is 1.70. The van der Waals surface area contributed by atoms with Gasteiger partial charge in [-0.1, -0.05) is 41.6 Å². The molecule has 2 heterocycles. The van der Waals surface area contributed by atoms with E-state index in [9.17, 15) is 4.79 Å². The van der Waals surface area contributed by atoms with Crippen LogP contribution >= 0.6 is 34.7 Å². The van der Waals surface area contributed by atoms with Crippen molar-refractivity contribution in [2.45, 2.75) is 25.2 Å². The Bertz CT molecular complexity index is 930. The molecule has 6 nitrogen and oxygen atoms in total. The Morgan fingerprint density at radius 3 is 3.00 bits per heavy atom. The lowest BCUT2D eigenvalue weighted by Crippen LogP contribution is -2.17. The quantitative estimate of drug-likeness (QED) is 0.603. The number of carbonyl (C=O) groups excluding carboxylic acids is 1. The maximum atomic E-state index is 12.2. The van der Waals surface area contributed by atoms with E-state index < -0.39 is 0 Å². The van der Waals surface area contributed by atoms with Gasteiger partial charge in [-0.25, -0.2) is 0 Å². The number of amides is 1. The van der Waals surface area contributed by atoms with E-state index in [0.717, 1.165) is 17.3 Å². The summed E-state index contributed by atoms with van der Waals surface area (Å²) in [6, 6.07) is 7.65. The molecule has 0 fully saturated rings. The highest BCUT2D eigenvalue weighted by Gasteiger charge is 2.08. The van der Waals surface area contributed by atoms with E-state index in [0.29, 0.717) is 16.4 Å². The maximum absolute atomic E-state index is 12.2. The Labute approximate surface area is 158 Å². The van der Waals surface area contributed by atoms with Crippen molar-refractivity contribution < 1.29 is 4.79 Å². The van der Waals surface area contributed by atoms with Crippen molar-refractivity contribution in [2.24, 2.45) is 4.99 Å². The first-order valence-corrected chi connectivity index (χ1v) is 9.87. The number of hydrogen-bond donors (Lipinski definition) is 0. The summed E-state index contributed by atoms with van der Waals surface area (Å²) in [7, 11) is 0. The number of aromatic nitrogens is 4. The minimum atomic E-state index is -0.203. The fraction of sp³-hybridized carbons (Fsp3) is 0.250. The highest BCUT2D eigenvalue weighted by Crippen LogP contribution is 2.16. The molecule has 1 amide bonds. The third kappa shape index (κ3) is 4.59. The van der Waals surface area contributed by atoms with Gasteiger partial charge in [-0.2, -0.15) is 4.99 Å². The molecule has 25 heavy (non-hydrogen) atoms. The molecule has 0 aliphatic heterocycles. The van der Waals surface area contributed by atoms with E-state index in [1.807, 2.05) is 51.9 Å². The number of thiazole rings is 1. The van der Waals surface area contributed by atoms with Gasteiger partial charge in [0.05, 0.1) is 12.3 Å². The summed E-state index contributed by atoms with van der Waals surface area (Å²) in [4.78, 5) is 17.1. The molecule has 1 aromatic carbocycles. The fourth-order valence-corrected chi connectivity index (χ4v) is 3.86. The largest absolute Gasteiger partial charge is 0.319 e. The van der Waals surface area contributed by atoms with Crippen molar-refractivity contribution in [3.05, 3.63) is 57.6 Å². The first kappa shape index (κ1) is 17.9. The summed E-state index contributed by atoms with van der Waals surface area (Å²) >= 11 is 8.97. The second-order valence-electron chi connectivity index (χ2n) is 5.10. The number of thioether (sulfide) groups is 1. The summed E-state index contributed by atoms with van der Waals surface area (Å²) in [5.74, 6) is 0.0221. The standard InChI is InChI=1S/C16H16ClN5OS2/c1-2-21-11-18-20-16(21)25-10-14(23)19-15-22(7-8-24-15)9-12-5-3-4-6-13(12)17/h3-8,11H,2,9-10H2,1H3. The Morgan fingerprint density at radius 1 is 1.36 bits per heavy atom. The van der Waals surface area contributed by atoms with Crippen LogP contribution in [0.5, 0.6) is 0 Å². The molecule has 0 radical (unpaired) electrons. The predicted octanol–water partition coefficient (Wildman–Crippen LogP) is 3.08. The molecule has 0 unspecified atom stereocenters. The van der Waals surface area contributed by atoms with E-state index in [1.54, 1.807) is 6.33 Å². The first-order valence-electron chi connectivity index (χ1n) is 7.63. The highest BCUT2D eigenvalue weighted by molar-refractivity contribution is 7.99. The van der Waals surface area contributed by atoms with Gasteiger partial charge in [0.15, 0.2) is 9.96 Å². The molecule has 0 bridgehead atoms. The van der Waals surface area contributed by atoms with Gasteiger partial charge in [0.25, 0.3) is 5.91 Å². The minimum absolute atomic E-state index is 0.203. The number of halogens is 1. The van der Waals surface area contributed by atoms with Crippen LogP contribution in [0.3, 0.4) is 0 Å². The fourth-order valence-electron chi connectivity index (χ4n) is 2.16. The average Bonchev–Trinajstić information content (AvgIpc) is 3.24. The molecule has 130 valence electrons. The Hall–Kier alpha value is -1.90. The van der Waals surface area contributed by atoms with E-state index >= 15 is 0 Å². The van der Waals surface area contributed by atoms with Crippen molar-refractivity contribution in [1.82, 2.24) is 19.3 Å². The number of carbonyl (C=O) groups is 1. The summed E-state index contributed by atoms with van der Waals surface area (Å²) < 4.78 is 3.81. The lowest BCUT2D eigenvalue weighted by molar-refractivity contribution is -0.115. The van der Waals surface area contributed by atoms with Crippen molar-refractivity contribution in [3.63, 3.8) is 0 Å².